The molecule has 0 spiro atoms. The fourth-order valence-corrected chi connectivity index (χ4v) is 2.45. The van der Waals surface area contributed by atoms with Crippen LogP contribution in [0.2, 0.25) is 0 Å². The molecule has 24 heavy (non-hydrogen) atoms. The van der Waals surface area contributed by atoms with Gasteiger partial charge in [0.05, 0.1) is 0 Å². The molecule has 0 bridgehead atoms. The van der Waals surface area contributed by atoms with Crippen molar-refractivity contribution in [3.63, 3.8) is 0 Å². The number of hydrogen-bond acceptors (Lipinski definition) is 6. The maximum Gasteiger partial charge on any atom is 0.232 e. The molecule has 3 aromatic rings. The maximum absolute atomic E-state index is 9.25. The Morgan fingerprint density at radius 2 is 1.92 bits per heavy atom. The Balaban J connectivity index is 1.54. The van der Waals surface area contributed by atoms with Gasteiger partial charge in [-0.2, -0.15) is 10.2 Å². The number of hydrogen-bond donors (Lipinski definition) is 1. The van der Waals surface area contributed by atoms with E-state index in [2.05, 4.69) is 16.4 Å². The van der Waals surface area contributed by atoms with E-state index in [0.717, 1.165) is 22.6 Å². The van der Waals surface area contributed by atoms with Crippen LogP contribution in [0.5, 0.6) is 11.5 Å². The number of nitrogens with zero attached hydrogens (tertiary/aromatic N) is 2. The highest BCUT2D eigenvalue weighted by molar-refractivity contribution is 5.58. The van der Waals surface area contributed by atoms with Crippen LogP contribution < -0.4 is 14.8 Å². The van der Waals surface area contributed by atoms with Crippen molar-refractivity contribution in [2.24, 2.45) is 0 Å². The number of rotatable bonds is 4. The van der Waals surface area contributed by atoms with Gasteiger partial charge in [-0.15, -0.1) is 0 Å². The van der Waals surface area contributed by atoms with E-state index in [-0.39, 0.29) is 12.5 Å². The monoisotopic (exact) mass is 319 g/mol. The molecule has 2 aromatic carbocycles. The Morgan fingerprint density at radius 1 is 1.08 bits per heavy atom. The Kier molecular flexibility index (Phi) is 3.52. The molecule has 0 aliphatic carbocycles. The largest absolute Gasteiger partial charge is 0.454 e. The molecule has 0 radical (unpaired) electrons. The third-order valence-electron chi connectivity index (χ3n) is 3.64. The molecule has 0 fully saturated rings. The van der Waals surface area contributed by atoms with Crippen LogP contribution in [0.25, 0.3) is 11.5 Å². The number of oxazole rings is 1. The van der Waals surface area contributed by atoms with Crippen LogP contribution in [-0.2, 0) is 6.54 Å². The summed E-state index contributed by atoms with van der Waals surface area (Å²) in [4.78, 5) is 4.23. The first-order chi connectivity index (χ1) is 11.8. The van der Waals surface area contributed by atoms with Gasteiger partial charge in [-0.1, -0.05) is 24.3 Å². The van der Waals surface area contributed by atoms with Crippen molar-refractivity contribution in [3.05, 3.63) is 59.8 Å². The van der Waals surface area contributed by atoms with E-state index in [1.807, 2.05) is 48.5 Å². The molecule has 1 aliphatic heterocycles. The number of fused-ring (bicyclic) bond motifs is 1. The van der Waals surface area contributed by atoms with Gasteiger partial charge in [-0.25, -0.2) is 0 Å². The molecule has 1 aliphatic rings. The van der Waals surface area contributed by atoms with E-state index in [0.29, 0.717) is 18.3 Å². The minimum absolute atomic E-state index is 0.231. The summed E-state index contributed by atoms with van der Waals surface area (Å²) < 4.78 is 16.4. The SMILES string of the molecule is N#Cc1nc(-c2ccccc2)oc1NCc1ccc2c(c1)OCO2. The first-order valence-corrected chi connectivity index (χ1v) is 7.42. The van der Waals surface area contributed by atoms with E-state index < -0.39 is 0 Å². The number of anilines is 1. The zero-order chi connectivity index (χ0) is 16.4. The van der Waals surface area contributed by atoms with Gasteiger partial charge in [0.25, 0.3) is 0 Å². The fourth-order valence-electron chi connectivity index (χ4n) is 2.45. The summed E-state index contributed by atoms with van der Waals surface area (Å²) in [7, 11) is 0. The van der Waals surface area contributed by atoms with Crippen LogP contribution in [-0.4, -0.2) is 11.8 Å². The van der Waals surface area contributed by atoms with Crippen molar-refractivity contribution in [1.82, 2.24) is 4.98 Å². The van der Waals surface area contributed by atoms with Gasteiger partial charge in [0.2, 0.25) is 24.3 Å². The van der Waals surface area contributed by atoms with Gasteiger partial charge >= 0.3 is 0 Å². The second-order valence-electron chi connectivity index (χ2n) is 5.22. The molecule has 0 unspecified atom stereocenters. The average molecular weight is 319 g/mol. The highest BCUT2D eigenvalue weighted by atomic mass is 16.7. The van der Waals surface area contributed by atoms with Gasteiger partial charge in [0.15, 0.2) is 11.5 Å². The van der Waals surface area contributed by atoms with Crippen LogP contribution in [0.15, 0.2) is 52.9 Å². The van der Waals surface area contributed by atoms with Crippen LogP contribution in [0.1, 0.15) is 11.3 Å². The van der Waals surface area contributed by atoms with Crippen LogP contribution in [0, 0.1) is 11.3 Å². The van der Waals surface area contributed by atoms with E-state index >= 15 is 0 Å². The standard InChI is InChI=1S/C18H13N3O3/c19-9-14-18(24-17(21-14)13-4-2-1-3-5-13)20-10-12-6-7-15-16(8-12)23-11-22-15/h1-8,20H,10-11H2. The second-order valence-corrected chi connectivity index (χ2v) is 5.22. The molecule has 118 valence electrons. The molecule has 6 heteroatoms. The van der Waals surface area contributed by atoms with Crippen molar-refractivity contribution in [1.29, 1.82) is 5.26 Å². The first-order valence-electron chi connectivity index (χ1n) is 7.42. The van der Waals surface area contributed by atoms with Gasteiger partial charge in [-0.05, 0) is 29.8 Å². The van der Waals surface area contributed by atoms with Crippen molar-refractivity contribution in [3.8, 4) is 29.0 Å². The first kappa shape index (κ1) is 14.2. The Morgan fingerprint density at radius 3 is 2.75 bits per heavy atom. The predicted molar refractivity (Wildman–Crippen MR) is 86.5 cm³/mol. The third-order valence-corrected chi connectivity index (χ3v) is 3.64. The average Bonchev–Trinajstić information content (AvgIpc) is 3.26. The van der Waals surface area contributed by atoms with E-state index in [9.17, 15) is 5.26 Å². The summed E-state index contributed by atoms with van der Waals surface area (Å²) in [6, 6.07) is 17.2. The van der Waals surface area contributed by atoms with Gasteiger partial charge in [0.1, 0.15) is 6.07 Å². The third kappa shape index (κ3) is 2.63. The minimum atomic E-state index is 0.231. The molecule has 4 rings (SSSR count). The topological polar surface area (TPSA) is 80.3 Å². The lowest BCUT2D eigenvalue weighted by Crippen LogP contribution is -1.99. The molecular formula is C18H13N3O3. The molecule has 0 saturated carbocycles. The summed E-state index contributed by atoms with van der Waals surface area (Å²) in [6.45, 7) is 0.724. The lowest BCUT2D eigenvalue weighted by atomic mass is 10.2. The number of nitriles is 1. The second kappa shape index (κ2) is 5.97. The molecule has 0 saturated heterocycles. The number of nitrogens with one attached hydrogen (secondary N) is 1. The quantitative estimate of drug-likeness (QED) is 0.792. The lowest BCUT2D eigenvalue weighted by molar-refractivity contribution is 0.174. The maximum atomic E-state index is 9.25. The summed E-state index contributed by atoms with van der Waals surface area (Å²) in [5.41, 5.74) is 2.04. The molecule has 2 heterocycles. The van der Waals surface area contributed by atoms with Crippen molar-refractivity contribution >= 4 is 5.88 Å². The number of benzene rings is 2. The van der Waals surface area contributed by atoms with Gasteiger partial charge < -0.3 is 19.2 Å². The van der Waals surface area contributed by atoms with Crippen molar-refractivity contribution in [2.45, 2.75) is 6.54 Å². The fraction of sp³-hybridized carbons (Fsp3) is 0.111. The Labute approximate surface area is 138 Å². The zero-order valence-electron chi connectivity index (χ0n) is 12.7. The molecule has 6 nitrogen and oxygen atoms in total. The summed E-state index contributed by atoms with van der Waals surface area (Å²) in [6.07, 6.45) is 0. The zero-order valence-corrected chi connectivity index (χ0v) is 12.7. The van der Waals surface area contributed by atoms with Crippen molar-refractivity contribution in [2.75, 3.05) is 12.1 Å². The molecule has 0 atom stereocenters. The minimum Gasteiger partial charge on any atom is -0.454 e. The molecular weight excluding hydrogens is 306 g/mol. The summed E-state index contributed by atoms with van der Waals surface area (Å²) >= 11 is 0. The van der Waals surface area contributed by atoms with E-state index in [4.69, 9.17) is 13.9 Å². The van der Waals surface area contributed by atoms with Crippen molar-refractivity contribution < 1.29 is 13.9 Å². The van der Waals surface area contributed by atoms with Crippen LogP contribution >= 0.6 is 0 Å². The van der Waals surface area contributed by atoms with Crippen LogP contribution in [0.4, 0.5) is 5.88 Å². The Hall–Kier alpha value is -3.46. The normalized spacial score (nSPS) is 12.0. The molecule has 1 N–H and O–H groups in total. The van der Waals surface area contributed by atoms with Crippen LogP contribution in [0.3, 0.4) is 0 Å². The van der Waals surface area contributed by atoms with Gasteiger partial charge in [0, 0.05) is 12.1 Å². The molecule has 0 amide bonds. The number of ether oxygens (including phenoxy) is 2. The highest BCUT2D eigenvalue weighted by Gasteiger charge is 2.16. The summed E-state index contributed by atoms with van der Waals surface area (Å²) in [5.74, 6) is 2.23. The smallest absolute Gasteiger partial charge is 0.232 e. The van der Waals surface area contributed by atoms with E-state index in [1.54, 1.807) is 0 Å². The predicted octanol–water partition coefficient (Wildman–Crippen LogP) is 3.55. The lowest BCUT2D eigenvalue weighted by Gasteiger charge is -2.04. The van der Waals surface area contributed by atoms with Gasteiger partial charge in [-0.3, -0.25) is 0 Å². The van der Waals surface area contributed by atoms with E-state index in [1.165, 1.54) is 0 Å². The Bertz CT molecular complexity index is 913. The highest BCUT2D eigenvalue weighted by Crippen LogP contribution is 2.33. The molecule has 1 aromatic heterocycles. The number of aromatic nitrogens is 1. The summed E-state index contributed by atoms with van der Waals surface area (Å²) in [5, 5.41) is 12.4.